The number of quaternary nitrogens is 1. The number of nitrogens with zero attached hydrogens (tertiary/aromatic N) is 1. The minimum Gasteiger partial charge on any atom is -1.00 e. The number of benzene rings is 1. The molecule has 40 heavy (non-hydrogen) atoms. The number of unbranched alkanes of at least 4 members (excludes halogenated alkanes) is 24. The van der Waals surface area contributed by atoms with Crippen molar-refractivity contribution in [2.75, 3.05) is 20.1 Å². The summed E-state index contributed by atoms with van der Waals surface area (Å²) in [7, 11) is 2.53. The Bertz CT molecular complexity index is 603. The van der Waals surface area contributed by atoms with E-state index in [0.717, 1.165) is 0 Å². The number of hydrogen-bond acceptors (Lipinski definition) is 0. The average molecular weight is 578 g/mol. The van der Waals surface area contributed by atoms with E-state index in [0.29, 0.717) is 0 Å². The summed E-state index contributed by atoms with van der Waals surface area (Å²) in [6, 6.07) is 11.3. The highest BCUT2D eigenvalue weighted by molar-refractivity contribution is 5.13. The summed E-state index contributed by atoms with van der Waals surface area (Å²) in [5, 5.41) is 0. The van der Waals surface area contributed by atoms with Crippen molar-refractivity contribution in [1.82, 2.24) is 0 Å². The average Bonchev–Trinajstić information content (AvgIpc) is 2.94. The van der Waals surface area contributed by atoms with Gasteiger partial charge in [0, 0.05) is 5.56 Å². The summed E-state index contributed by atoms with van der Waals surface area (Å²) >= 11 is 0. The van der Waals surface area contributed by atoms with E-state index in [1.54, 1.807) is 0 Å². The topological polar surface area (TPSA) is 0 Å². The van der Waals surface area contributed by atoms with Crippen LogP contribution >= 0.6 is 0 Å². The first-order valence-corrected chi connectivity index (χ1v) is 18.1. The van der Waals surface area contributed by atoms with Crippen LogP contribution in [0.4, 0.5) is 0 Å². The van der Waals surface area contributed by atoms with Gasteiger partial charge < -0.3 is 16.9 Å². The standard InChI is InChI=1S/C38H72N.ClH/c1-4-6-8-10-12-14-16-17-18-19-20-21-23-25-27-32-36-39(3,37-38-33-29-28-30-34-38)35-31-26-24-22-15-13-11-9-7-5-2;/h28-30,33-34H,4-27,31-32,35-37H2,1-3H3;1H/q+1;/p-1. The van der Waals surface area contributed by atoms with Gasteiger partial charge in [0.2, 0.25) is 0 Å². The third kappa shape index (κ3) is 25.2. The fourth-order valence-electron chi connectivity index (χ4n) is 6.32. The van der Waals surface area contributed by atoms with Crippen molar-refractivity contribution in [2.24, 2.45) is 0 Å². The molecule has 0 aliphatic heterocycles. The van der Waals surface area contributed by atoms with E-state index >= 15 is 0 Å². The predicted octanol–water partition coefficient (Wildman–Crippen LogP) is 9.82. The Morgan fingerprint density at radius 3 is 0.975 bits per heavy atom. The lowest BCUT2D eigenvalue weighted by Gasteiger charge is -2.35. The van der Waals surface area contributed by atoms with Gasteiger partial charge in [-0.05, 0) is 25.7 Å². The smallest absolute Gasteiger partial charge is 0.104 e. The Balaban J connectivity index is 0.0000152. The molecule has 1 unspecified atom stereocenters. The molecule has 0 heterocycles. The summed E-state index contributed by atoms with van der Waals surface area (Å²) in [6.45, 7) is 8.53. The van der Waals surface area contributed by atoms with Gasteiger partial charge in [-0.15, -0.1) is 0 Å². The van der Waals surface area contributed by atoms with Gasteiger partial charge in [0.05, 0.1) is 20.1 Å². The molecule has 0 bridgehead atoms. The van der Waals surface area contributed by atoms with Crippen molar-refractivity contribution in [3.8, 4) is 0 Å². The Labute approximate surface area is 259 Å². The summed E-state index contributed by atoms with van der Waals surface area (Å²) in [5.41, 5.74) is 1.52. The quantitative estimate of drug-likeness (QED) is 0.0630. The van der Waals surface area contributed by atoms with Crippen LogP contribution in [0.15, 0.2) is 30.3 Å². The number of rotatable bonds is 30. The van der Waals surface area contributed by atoms with Gasteiger partial charge in [0.25, 0.3) is 0 Å². The lowest BCUT2D eigenvalue weighted by molar-refractivity contribution is -0.923. The van der Waals surface area contributed by atoms with Crippen LogP contribution in [0.2, 0.25) is 0 Å². The third-order valence-corrected chi connectivity index (χ3v) is 9.01. The van der Waals surface area contributed by atoms with Crippen LogP contribution in [-0.4, -0.2) is 24.6 Å². The second-order valence-electron chi connectivity index (χ2n) is 13.2. The lowest BCUT2D eigenvalue weighted by atomic mass is 10.0. The van der Waals surface area contributed by atoms with Gasteiger partial charge in [-0.3, -0.25) is 0 Å². The molecule has 0 spiro atoms. The molecule has 0 N–H and O–H groups in total. The van der Waals surface area contributed by atoms with Gasteiger partial charge in [-0.25, -0.2) is 0 Å². The summed E-state index contributed by atoms with van der Waals surface area (Å²) in [5.74, 6) is 0. The molecule has 0 aliphatic rings. The molecular weight excluding hydrogens is 506 g/mol. The SMILES string of the molecule is CCCCCCCCCCCCCCCCCC[N+](C)(CCCCCCCCCCCC)Cc1ccccc1.[Cl-]. The van der Waals surface area contributed by atoms with E-state index in [1.807, 2.05) is 0 Å². The zero-order valence-electron chi connectivity index (χ0n) is 27.7. The van der Waals surface area contributed by atoms with Gasteiger partial charge >= 0.3 is 0 Å². The minimum atomic E-state index is 0. The van der Waals surface area contributed by atoms with Crippen LogP contribution < -0.4 is 12.4 Å². The zero-order chi connectivity index (χ0) is 28.1. The Morgan fingerprint density at radius 1 is 0.400 bits per heavy atom. The molecule has 236 valence electrons. The van der Waals surface area contributed by atoms with E-state index in [9.17, 15) is 0 Å². The number of hydrogen-bond donors (Lipinski definition) is 0. The molecule has 0 amide bonds. The maximum Gasteiger partial charge on any atom is 0.104 e. The Hall–Kier alpha value is -0.530. The molecule has 1 aromatic rings. The van der Waals surface area contributed by atoms with E-state index < -0.39 is 0 Å². The van der Waals surface area contributed by atoms with Gasteiger partial charge in [0.1, 0.15) is 6.54 Å². The molecule has 0 fully saturated rings. The molecule has 1 nitrogen and oxygen atoms in total. The third-order valence-electron chi connectivity index (χ3n) is 9.01. The first-order chi connectivity index (χ1) is 19.2. The lowest BCUT2D eigenvalue weighted by Crippen LogP contribution is -3.00. The molecule has 1 aromatic carbocycles. The van der Waals surface area contributed by atoms with Crippen molar-refractivity contribution >= 4 is 0 Å². The maximum absolute atomic E-state index is 2.53. The first kappa shape index (κ1) is 39.5. The van der Waals surface area contributed by atoms with Crippen molar-refractivity contribution in [2.45, 2.75) is 187 Å². The van der Waals surface area contributed by atoms with Crippen LogP contribution in [-0.2, 0) is 6.54 Å². The van der Waals surface area contributed by atoms with E-state index in [4.69, 9.17) is 0 Å². The molecule has 1 atom stereocenters. The van der Waals surface area contributed by atoms with Gasteiger partial charge in [-0.2, -0.15) is 0 Å². The highest BCUT2D eigenvalue weighted by Gasteiger charge is 2.21. The van der Waals surface area contributed by atoms with Crippen molar-refractivity contribution < 1.29 is 16.9 Å². The molecular formula is C38H72ClN. The van der Waals surface area contributed by atoms with Crippen molar-refractivity contribution in [3.63, 3.8) is 0 Å². The molecule has 1 rings (SSSR count). The van der Waals surface area contributed by atoms with Crippen molar-refractivity contribution in [1.29, 1.82) is 0 Å². The Kier molecular flexibility index (Phi) is 29.5. The predicted molar refractivity (Wildman–Crippen MR) is 177 cm³/mol. The normalized spacial score (nSPS) is 12.8. The van der Waals surface area contributed by atoms with Gasteiger partial charge in [0.15, 0.2) is 0 Å². The highest BCUT2D eigenvalue weighted by atomic mass is 35.5. The first-order valence-electron chi connectivity index (χ1n) is 18.1. The summed E-state index contributed by atoms with van der Waals surface area (Å²) in [6.07, 6.45) is 37.6. The molecule has 0 radical (unpaired) electrons. The van der Waals surface area contributed by atoms with Crippen LogP contribution in [0.25, 0.3) is 0 Å². The second kappa shape index (κ2) is 29.9. The fourth-order valence-corrected chi connectivity index (χ4v) is 6.32. The summed E-state index contributed by atoms with van der Waals surface area (Å²) < 4.78 is 1.24. The molecule has 0 saturated heterocycles. The monoisotopic (exact) mass is 578 g/mol. The minimum absolute atomic E-state index is 0. The maximum atomic E-state index is 2.53. The second-order valence-corrected chi connectivity index (χ2v) is 13.2. The Morgan fingerprint density at radius 2 is 0.675 bits per heavy atom. The zero-order valence-corrected chi connectivity index (χ0v) is 28.5. The van der Waals surface area contributed by atoms with Crippen LogP contribution in [0.5, 0.6) is 0 Å². The van der Waals surface area contributed by atoms with Crippen molar-refractivity contribution in [3.05, 3.63) is 35.9 Å². The number of halogens is 1. The van der Waals surface area contributed by atoms with E-state index in [2.05, 4.69) is 51.2 Å². The van der Waals surface area contributed by atoms with Crippen LogP contribution in [0.1, 0.15) is 186 Å². The molecule has 0 aliphatic carbocycles. The fraction of sp³-hybridized carbons (Fsp3) is 0.842. The van der Waals surface area contributed by atoms with E-state index in [-0.39, 0.29) is 12.4 Å². The van der Waals surface area contributed by atoms with E-state index in [1.165, 1.54) is 197 Å². The molecule has 2 heteroatoms. The molecule has 0 saturated carbocycles. The molecule has 0 aromatic heterocycles. The highest BCUT2D eigenvalue weighted by Crippen LogP contribution is 2.19. The largest absolute Gasteiger partial charge is 1.00 e. The van der Waals surface area contributed by atoms with Crippen LogP contribution in [0.3, 0.4) is 0 Å². The summed E-state index contributed by atoms with van der Waals surface area (Å²) in [4.78, 5) is 0. The van der Waals surface area contributed by atoms with Gasteiger partial charge in [-0.1, -0.05) is 185 Å². The van der Waals surface area contributed by atoms with Crippen LogP contribution in [0, 0.1) is 0 Å².